The highest BCUT2D eigenvalue weighted by Gasteiger charge is 2.27. The molecule has 166 valence electrons. The normalized spacial score (nSPS) is 17.5. The van der Waals surface area contributed by atoms with Crippen LogP contribution in [0.4, 0.5) is 5.69 Å². The largest absolute Gasteiger partial charge is 0.486 e. The molecule has 5 heteroatoms. The first-order chi connectivity index (χ1) is 15.6. The van der Waals surface area contributed by atoms with Crippen molar-refractivity contribution in [1.29, 1.82) is 0 Å². The number of ether oxygens (including phenoxy) is 2. The highest BCUT2D eigenvalue weighted by molar-refractivity contribution is 5.95. The van der Waals surface area contributed by atoms with Crippen LogP contribution < -0.4 is 10.1 Å². The zero-order valence-corrected chi connectivity index (χ0v) is 18.7. The summed E-state index contributed by atoms with van der Waals surface area (Å²) in [6.45, 7) is 6.77. The number of benzene rings is 3. The van der Waals surface area contributed by atoms with Crippen LogP contribution in [-0.4, -0.2) is 36.6 Å². The van der Waals surface area contributed by atoms with Gasteiger partial charge in [0, 0.05) is 25.3 Å². The second-order valence-corrected chi connectivity index (χ2v) is 8.22. The van der Waals surface area contributed by atoms with Crippen molar-refractivity contribution in [3.05, 3.63) is 95.6 Å². The first-order valence-electron chi connectivity index (χ1n) is 11.1. The molecule has 5 nitrogen and oxygen atoms in total. The van der Waals surface area contributed by atoms with Crippen LogP contribution in [0.15, 0.2) is 78.9 Å². The number of rotatable bonds is 7. The second kappa shape index (κ2) is 10.4. The zero-order valence-electron chi connectivity index (χ0n) is 18.7. The minimum Gasteiger partial charge on any atom is -0.486 e. The van der Waals surface area contributed by atoms with Crippen LogP contribution in [-0.2, 0) is 16.1 Å². The number of amides is 1. The summed E-state index contributed by atoms with van der Waals surface area (Å²) in [6, 6.07) is 26.2. The van der Waals surface area contributed by atoms with E-state index in [2.05, 4.69) is 34.5 Å². The van der Waals surface area contributed by atoms with E-state index in [1.807, 2.05) is 68.4 Å². The molecule has 1 heterocycles. The standard InChI is InChI=1S/C27H30N2O3/c1-20-17-24(32-21(2)23-11-7-4-8-12-23)13-14-25(20)28-27(30)26-19-29(15-16-31-26)18-22-9-5-3-6-10-22/h3-14,17,21,26H,15-16,18-19H2,1-2H3,(H,28,30). The van der Waals surface area contributed by atoms with Gasteiger partial charge in [-0.15, -0.1) is 0 Å². The van der Waals surface area contributed by atoms with E-state index in [0.717, 1.165) is 35.7 Å². The van der Waals surface area contributed by atoms with E-state index in [-0.39, 0.29) is 12.0 Å². The molecule has 1 amide bonds. The summed E-state index contributed by atoms with van der Waals surface area (Å²) in [5.41, 5.74) is 4.09. The van der Waals surface area contributed by atoms with Crippen molar-refractivity contribution >= 4 is 11.6 Å². The number of carbonyl (C=O) groups is 1. The van der Waals surface area contributed by atoms with Crippen LogP contribution in [0.3, 0.4) is 0 Å². The van der Waals surface area contributed by atoms with Gasteiger partial charge in [-0.05, 0) is 48.7 Å². The Morgan fingerprint density at radius 2 is 1.81 bits per heavy atom. The van der Waals surface area contributed by atoms with Crippen LogP contribution in [0, 0.1) is 6.92 Å². The summed E-state index contributed by atoms with van der Waals surface area (Å²) in [7, 11) is 0. The van der Waals surface area contributed by atoms with Gasteiger partial charge in [0.15, 0.2) is 0 Å². The minimum atomic E-state index is -0.485. The predicted octanol–water partition coefficient (Wildman–Crippen LogP) is 4.97. The summed E-state index contributed by atoms with van der Waals surface area (Å²) < 4.78 is 11.9. The maximum Gasteiger partial charge on any atom is 0.254 e. The van der Waals surface area contributed by atoms with Gasteiger partial charge >= 0.3 is 0 Å². The topological polar surface area (TPSA) is 50.8 Å². The van der Waals surface area contributed by atoms with Crippen molar-refractivity contribution in [2.45, 2.75) is 32.6 Å². The van der Waals surface area contributed by atoms with E-state index in [0.29, 0.717) is 13.2 Å². The maximum atomic E-state index is 12.9. The molecule has 1 N–H and O–H groups in total. The zero-order chi connectivity index (χ0) is 22.3. The first-order valence-corrected chi connectivity index (χ1v) is 11.1. The Kier molecular flexibility index (Phi) is 7.20. The lowest BCUT2D eigenvalue weighted by molar-refractivity contribution is -0.133. The van der Waals surface area contributed by atoms with Crippen LogP contribution in [0.2, 0.25) is 0 Å². The second-order valence-electron chi connectivity index (χ2n) is 8.22. The summed E-state index contributed by atoms with van der Waals surface area (Å²) in [5, 5.41) is 3.03. The Bertz CT molecular complexity index is 1020. The van der Waals surface area contributed by atoms with Crippen LogP contribution >= 0.6 is 0 Å². The molecule has 0 saturated carbocycles. The Morgan fingerprint density at radius 3 is 2.53 bits per heavy atom. The molecular weight excluding hydrogens is 400 g/mol. The molecule has 3 aromatic rings. The summed E-state index contributed by atoms with van der Waals surface area (Å²) in [5.74, 6) is 0.664. The first kappa shape index (κ1) is 22.1. The van der Waals surface area contributed by atoms with Gasteiger partial charge in [0.2, 0.25) is 0 Å². The van der Waals surface area contributed by atoms with E-state index in [1.54, 1.807) is 0 Å². The van der Waals surface area contributed by atoms with Gasteiger partial charge in [0.05, 0.1) is 6.61 Å². The van der Waals surface area contributed by atoms with Gasteiger partial charge in [0.25, 0.3) is 5.91 Å². The fourth-order valence-electron chi connectivity index (χ4n) is 3.91. The number of anilines is 1. The molecule has 0 aromatic heterocycles. The van der Waals surface area contributed by atoms with Gasteiger partial charge in [-0.25, -0.2) is 0 Å². The quantitative estimate of drug-likeness (QED) is 0.575. The van der Waals surface area contributed by atoms with Crippen molar-refractivity contribution in [3.8, 4) is 5.75 Å². The number of nitrogens with one attached hydrogen (secondary N) is 1. The van der Waals surface area contributed by atoms with Gasteiger partial charge in [0.1, 0.15) is 18.0 Å². The van der Waals surface area contributed by atoms with Crippen molar-refractivity contribution in [2.75, 3.05) is 25.0 Å². The molecule has 0 radical (unpaired) electrons. The molecule has 1 aliphatic heterocycles. The molecule has 32 heavy (non-hydrogen) atoms. The van der Waals surface area contributed by atoms with E-state index >= 15 is 0 Å². The van der Waals surface area contributed by atoms with E-state index in [9.17, 15) is 4.79 Å². The lowest BCUT2D eigenvalue weighted by Crippen LogP contribution is -2.47. The molecule has 0 spiro atoms. The van der Waals surface area contributed by atoms with Crippen molar-refractivity contribution in [3.63, 3.8) is 0 Å². The molecule has 2 unspecified atom stereocenters. The van der Waals surface area contributed by atoms with E-state index in [1.165, 1.54) is 5.56 Å². The van der Waals surface area contributed by atoms with Gasteiger partial charge in [-0.2, -0.15) is 0 Å². The molecular formula is C27H30N2O3. The lowest BCUT2D eigenvalue weighted by Gasteiger charge is -2.32. The monoisotopic (exact) mass is 430 g/mol. The average molecular weight is 431 g/mol. The van der Waals surface area contributed by atoms with Crippen LogP contribution in [0.25, 0.3) is 0 Å². The van der Waals surface area contributed by atoms with Crippen molar-refractivity contribution in [2.24, 2.45) is 0 Å². The molecule has 1 saturated heterocycles. The molecule has 2 atom stereocenters. The Hall–Kier alpha value is -3.15. The van der Waals surface area contributed by atoms with E-state index in [4.69, 9.17) is 9.47 Å². The third-order valence-electron chi connectivity index (χ3n) is 5.73. The third kappa shape index (κ3) is 5.75. The molecule has 3 aromatic carbocycles. The predicted molar refractivity (Wildman–Crippen MR) is 127 cm³/mol. The van der Waals surface area contributed by atoms with Gasteiger partial charge in [-0.3, -0.25) is 9.69 Å². The summed E-state index contributed by atoms with van der Waals surface area (Å²) in [6.07, 6.45) is -0.539. The fourth-order valence-corrected chi connectivity index (χ4v) is 3.91. The minimum absolute atomic E-state index is 0.0534. The highest BCUT2D eigenvalue weighted by atomic mass is 16.5. The number of carbonyl (C=O) groups excluding carboxylic acids is 1. The number of aryl methyl sites for hydroxylation is 1. The van der Waals surface area contributed by atoms with Gasteiger partial charge in [-0.1, -0.05) is 60.7 Å². The maximum absolute atomic E-state index is 12.9. The third-order valence-corrected chi connectivity index (χ3v) is 5.73. The van der Waals surface area contributed by atoms with Gasteiger partial charge < -0.3 is 14.8 Å². The molecule has 1 fully saturated rings. The Morgan fingerprint density at radius 1 is 1.09 bits per heavy atom. The molecule has 0 aliphatic carbocycles. The average Bonchev–Trinajstić information content (AvgIpc) is 2.82. The smallest absolute Gasteiger partial charge is 0.254 e. The number of hydrogen-bond acceptors (Lipinski definition) is 4. The van der Waals surface area contributed by atoms with Crippen molar-refractivity contribution in [1.82, 2.24) is 4.90 Å². The Balaban J connectivity index is 1.34. The molecule has 1 aliphatic rings. The number of nitrogens with zero attached hydrogens (tertiary/aromatic N) is 1. The lowest BCUT2D eigenvalue weighted by atomic mass is 10.1. The highest BCUT2D eigenvalue weighted by Crippen LogP contribution is 2.26. The van der Waals surface area contributed by atoms with E-state index < -0.39 is 6.10 Å². The molecule has 0 bridgehead atoms. The van der Waals surface area contributed by atoms with Crippen LogP contribution in [0.1, 0.15) is 29.7 Å². The van der Waals surface area contributed by atoms with Crippen LogP contribution in [0.5, 0.6) is 5.75 Å². The molecule has 4 rings (SSSR count). The van der Waals surface area contributed by atoms with Crippen molar-refractivity contribution < 1.29 is 14.3 Å². The summed E-state index contributed by atoms with van der Waals surface area (Å²) >= 11 is 0. The Labute approximate surface area is 190 Å². The fraction of sp³-hybridized carbons (Fsp3) is 0.296. The number of morpholine rings is 1. The SMILES string of the molecule is Cc1cc(OC(C)c2ccccc2)ccc1NC(=O)C1CN(Cc2ccccc2)CCO1. The summed E-state index contributed by atoms with van der Waals surface area (Å²) in [4.78, 5) is 15.1. The number of hydrogen-bond donors (Lipinski definition) is 1.